The minimum Gasteiger partial charge on any atom is -0.459 e. The van der Waals surface area contributed by atoms with Gasteiger partial charge in [-0.2, -0.15) is 4.31 Å². The maximum absolute atomic E-state index is 13.8. The van der Waals surface area contributed by atoms with Gasteiger partial charge in [0.1, 0.15) is 17.7 Å². The van der Waals surface area contributed by atoms with Crippen molar-refractivity contribution in [2.24, 2.45) is 0 Å². The molecule has 3 rings (SSSR count). The Bertz CT molecular complexity index is 881. The number of piperidine rings is 1. The molecular formula is C16H16BrF2N3O3S. The summed E-state index contributed by atoms with van der Waals surface area (Å²) in [5.41, 5.74) is -0.190. The second-order valence-electron chi connectivity index (χ2n) is 5.92. The zero-order valence-corrected chi connectivity index (χ0v) is 16.0. The number of benzene rings is 1. The van der Waals surface area contributed by atoms with Crippen LogP contribution in [0.3, 0.4) is 0 Å². The van der Waals surface area contributed by atoms with E-state index in [4.69, 9.17) is 4.74 Å². The Morgan fingerprint density at radius 1 is 1.27 bits per heavy atom. The van der Waals surface area contributed by atoms with Gasteiger partial charge in [-0.15, -0.1) is 0 Å². The van der Waals surface area contributed by atoms with Gasteiger partial charge in [-0.05, 0) is 47.0 Å². The average molecular weight is 448 g/mol. The molecule has 1 aliphatic heterocycles. The van der Waals surface area contributed by atoms with Crippen molar-refractivity contribution in [3.63, 3.8) is 0 Å². The van der Waals surface area contributed by atoms with E-state index in [2.05, 4.69) is 25.9 Å². The van der Waals surface area contributed by atoms with Crippen LogP contribution in [0, 0.1) is 11.6 Å². The van der Waals surface area contributed by atoms with Crippen LogP contribution in [0.15, 0.2) is 35.1 Å². The number of rotatable bonds is 5. The van der Waals surface area contributed by atoms with Crippen molar-refractivity contribution in [1.82, 2.24) is 14.3 Å². The molecule has 26 heavy (non-hydrogen) atoms. The molecule has 1 fully saturated rings. The molecule has 10 heteroatoms. The summed E-state index contributed by atoms with van der Waals surface area (Å²) in [5.74, 6) is -2.02. The van der Waals surface area contributed by atoms with E-state index < -0.39 is 33.5 Å². The molecule has 6 nitrogen and oxygen atoms in total. The third-order valence-corrected chi connectivity index (χ3v) is 6.15. The summed E-state index contributed by atoms with van der Waals surface area (Å²) in [4.78, 5) is 8.02. The Morgan fingerprint density at radius 2 is 2.00 bits per heavy atom. The molecule has 1 aromatic heterocycles. The molecule has 1 aromatic carbocycles. The van der Waals surface area contributed by atoms with Crippen molar-refractivity contribution in [2.45, 2.75) is 24.7 Å². The fourth-order valence-electron chi connectivity index (χ4n) is 2.71. The fraction of sp³-hybridized carbons (Fsp3) is 0.375. The van der Waals surface area contributed by atoms with E-state index in [-0.39, 0.29) is 18.1 Å². The standard InChI is InChI=1S/C16H16BrF2N3O3S/c17-12-7-20-16(21-8-12)25-14-2-1-5-22(9-14)26(23,24)10-11-6-13(18)3-4-15(11)19/h3-4,6-8,14H,1-2,5,9-10H2. The van der Waals surface area contributed by atoms with E-state index in [1.807, 2.05) is 0 Å². The Labute approximate surface area is 158 Å². The van der Waals surface area contributed by atoms with Gasteiger partial charge in [0.15, 0.2) is 0 Å². The Kier molecular flexibility index (Phi) is 5.83. The van der Waals surface area contributed by atoms with Gasteiger partial charge < -0.3 is 4.74 Å². The van der Waals surface area contributed by atoms with Crippen molar-refractivity contribution in [1.29, 1.82) is 0 Å². The Hall–Kier alpha value is -1.65. The van der Waals surface area contributed by atoms with Crippen LogP contribution in [0.2, 0.25) is 0 Å². The van der Waals surface area contributed by atoms with Gasteiger partial charge >= 0.3 is 6.01 Å². The minimum atomic E-state index is -3.81. The third-order valence-electron chi connectivity index (χ3n) is 3.95. The number of aromatic nitrogens is 2. The molecule has 140 valence electrons. The molecule has 0 spiro atoms. The fourth-order valence-corrected chi connectivity index (χ4v) is 4.51. The van der Waals surface area contributed by atoms with Crippen LogP contribution in [0.4, 0.5) is 8.78 Å². The highest BCUT2D eigenvalue weighted by molar-refractivity contribution is 9.10. The Balaban J connectivity index is 1.69. The van der Waals surface area contributed by atoms with Crippen LogP contribution < -0.4 is 4.74 Å². The lowest BCUT2D eigenvalue weighted by Crippen LogP contribution is -2.45. The number of hydrogen-bond donors (Lipinski definition) is 0. The van der Waals surface area contributed by atoms with Crippen molar-refractivity contribution in [2.75, 3.05) is 13.1 Å². The van der Waals surface area contributed by atoms with Gasteiger partial charge in [-0.25, -0.2) is 27.2 Å². The van der Waals surface area contributed by atoms with Crippen LogP contribution in [-0.4, -0.2) is 41.9 Å². The lowest BCUT2D eigenvalue weighted by Gasteiger charge is -2.31. The zero-order chi connectivity index (χ0) is 18.7. The van der Waals surface area contributed by atoms with Gasteiger partial charge in [-0.1, -0.05) is 0 Å². The van der Waals surface area contributed by atoms with Crippen LogP contribution in [0.5, 0.6) is 6.01 Å². The van der Waals surface area contributed by atoms with E-state index in [0.717, 1.165) is 18.2 Å². The van der Waals surface area contributed by atoms with Gasteiger partial charge in [-0.3, -0.25) is 0 Å². The number of hydrogen-bond acceptors (Lipinski definition) is 5. The third kappa shape index (κ3) is 4.74. The molecule has 1 saturated heterocycles. The highest BCUT2D eigenvalue weighted by atomic mass is 79.9. The monoisotopic (exact) mass is 447 g/mol. The molecule has 0 N–H and O–H groups in total. The average Bonchev–Trinajstić information content (AvgIpc) is 2.60. The summed E-state index contributed by atoms with van der Waals surface area (Å²) in [7, 11) is -3.81. The van der Waals surface area contributed by atoms with Crippen LogP contribution in [-0.2, 0) is 15.8 Å². The van der Waals surface area contributed by atoms with Crippen LogP contribution >= 0.6 is 15.9 Å². The predicted molar refractivity (Wildman–Crippen MR) is 93.9 cm³/mol. The molecule has 1 atom stereocenters. The Morgan fingerprint density at radius 3 is 2.73 bits per heavy atom. The second kappa shape index (κ2) is 7.93. The quantitative estimate of drug-likeness (QED) is 0.704. The molecule has 0 aliphatic carbocycles. The SMILES string of the molecule is O=S(=O)(Cc1cc(F)ccc1F)N1CCCC(Oc2ncc(Br)cn2)C1. The lowest BCUT2D eigenvalue weighted by molar-refractivity contribution is 0.119. The summed E-state index contributed by atoms with van der Waals surface area (Å²) in [5, 5.41) is 0. The first-order chi connectivity index (χ1) is 12.3. The van der Waals surface area contributed by atoms with E-state index >= 15 is 0 Å². The summed E-state index contributed by atoms with van der Waals surface area (Å²) in [6, 6.07) is 2.94. The smallest absolute Gasteiger partial charge is 0.316 e. The van der Waals surface area contributed by atoms with Gasteiger partial charge in [0.25, 0.3) is 0 Å². The normalized spacial score (nSPS) is 18.7. The molecule has 0 amide bonds. The highest BCUT2D eigenvalue weighted by Gasteiger charge is 2.31. The largest absolute Gasteiger partial charge is 0.459 e. The maximum Gasteiger partial charge on any atom is 0.316 e. The van der Waals surface area contributed by atoms with Gasteiger partial charge in [0, 0.05) is 24.5 Å². The number of halogens is 3. The van der Waals surface area contributed by atoms with E-state index in [0.29, 0.717) is 23.9 Å². The maximum atomic E-state index is 13.8. The molecule has 2 aromatic rings. The molecule has 0 bridgehead atoms. The molecule has 1 aliphatic rings. The van der Waals surface area contributed by atoms with Crippen molar-refractivity contribution >= 4 is 26.0 Å². The lowest BCUT2D eigenvalue weighted by atomic mass is 10.1. The summed E-state index contributed by atoms with van der Waals surface area (Å²) in [6.45, 7) is 0.416. The second-order valence-corrected chi connectivity index (χ2v) is 8.80. The summed E-state index contributed by atoms with van der Waals surface area (Å²) < 4.78 is 59.9. The number of ether oxygens (including phenoxy) is 1. The predicted octanol–water partition coefficient (Wildman–Crippen LogP) is 2.89. The van der Waals surface area contributed by atoms with Crippen molar-refractivity contribution < 1.29 is 21.9 Å². The number of nitrogens with zero attached hydrogens (tertiary/aromatic N) is 3. The van der Waals surface area contributed by atoms with E-state index in [9.17, 15) is 17.2 Å². The van der Waals surface area contributed by atoms with Crippen LogP contribution in [0.25, 0.3) is 0 Å². The topological polar surface area (TPSA) is 72.4 Å². The first-order valence-electron chi connectivity index (χ1n) is 7.89. The number of sulfonamides is 1. The molecule has 2 heterocycles. The minimum absolute atomic E-state index is 0.110. The summed E-state index contributed by atoms with van der Waals surface area (Å²) in [6.07, 6.45) is 3.90. The van der Waals surface area contributed by atoms with Gasteiger partial charge in [0.2, 0.25) is 10.0 Å². The van der Waals surface area contributed by atoms with Crippen molar-refractivity contribution in [3.8, 4) is 6.01 Å². The van der Waals surface area contributed by atoms with Crippen molar-refractivity contribution in [3.05, 3.63) is 52.3 Å². The molecule has 1 unspecified atom stereocenters. The summed E-state index contributed by atoms with van der Waals surface area (Å²) >= 11 is 3.22. The van der Waals surface area contributed by atoms with E-state index in [1.165, 1.54) is 16.7 Å². The first kappa shape index (κ1) is 19.1. The highest BCUT2D eigenvalue weighted by Crippen LogP contribution is 2.22. The van der Waals surface area contributed by atoms with Gasteiger partial charge in [0.05, 0.1) is 16.8 Å². The van der Waals surface area contributed by atoms with Crippen LogP contribution in [0.1, 0.15) is 18.4 Å². The molecule has 0 radical (unpaired) electrons. The molecular weight excluding hydrogens is 432 g/mol. The zero-order valence-electron chi connectivity index (χ0n) is 13.6. The van der Waals surface area contributed by atoms with E-state index in [1.54, 1.807) is 0 Å². The molecule has 0 saturated carbocycles. The first-order valence-corrected chi connectivity index (χ1v) is 10.3.